The number of thiocarbonyl (C=S) groups is 1. The van der Waals surface area contributed by atoms with Gasteiger partial charge in [-0.1, -0.05) is 48.5 Å². The van der Waals surface area contributed by atoms with Gasteiger partial charge >= 0.3 is 0 Å². The lowest BCUT2D eigenvalue weighted by Crippen LogP contribution is -2.42. The smallest absolute Gasteiger partial charge is 0.250 e. The number of hydrogen-bond donors (Lipinski definition) is 1. The maximum atomic E-state index is 12.2. The summed E-state index contributed by atoms with van der Waals surface area (Å²) in [5.41, 5.74) is 1.85. The van der Waals surface area contributed by atoms with Crippen LogP contribution < -0.4 is 10.1 Å². The first kappa shape index (κ1) is 20.1. The molecule has 0 aliphatic carbocycles. The molecule has 0 unspecified atom stereocenters. The zero-order chi connectivity index (χ0) is 19.5. The van der Waals surface area contributed by atoms with Gasteiger partial charge in [0.05, 0.1) is 19.6 Å². The highest BCUT2D eigenvalue weighted by atomic mass is 32.1. The summed E-state index contributed by atoms with van der Waals surface area (Å²) >= 11 is 5.37. The summed E-state index contributed by atoms with van der Waals surface area (Å²) in [4.78, 5) is 14.0. The lowest BCUT2D eigenvalue weighted by Gasteiger charge is -2.24. The van der Waals surface area contributed by atoms with E-state index in [0.29, 0.717) is 30.4 Å². The van der Waals surface area contributed by atoms with Crippen LogP contribution in [0, 0.1) is 11.3 Å². The summed E-state index contributed by atoms with van der Waals surface area (Å²) < 4.78 is 5.26. The predicted octanol–water partition coefficient (Wildman–Crippen LogP) is 3.53. The van der Waals surface area contributed by atoms with Crippen molar-refractivity contribution < 1.29 is 9.53 Å². The molecule has 2 aromatic rings. The molecule has 2 rings (SSSR count). The molecule has 27 heavy (non-hydrogen) atoms. The third kappa shape index (κ3) is 6.57. The molecule has 0 aromatic heterocycles. The third-order valence-electron chi connectivity index (χ3n) is 3.78. The number of para-hydroxylation sites is 1. The van der Waals surface area contributed by atoms with Crippen LogP contribution >= 0.6 is 12.2 Å². The number of benzene rings is 2. The highest BCUT2D eigenvalue weighted by Crippen LogP contribution is 2.18. The zero-order valence-corrected chi connectivity index (χ0v) is 15.9. The molecule has 0 radical (unpaired) electrons. The molecule has 138 valence electrons. The Kier molecular flexibility index (Phi) is 8.01. The number of nitrogens with zero attached hydrogens (tertiary/aromatic N) is 2. The fourth-order valence-electron chi connectivity index (χ4n) is 2.44. The Hall–Kier alpha value is -3.17. The molecule has 1 N–H and O–H groups in total. The van der Waals surface area contributed by atoms with Crippen molar-refractivity contribution in [3.05, 3.63) is 71.8 Å². The van der Waals surface area contributed by atoms with Crippen LogP contribution in [0.5, 0.6) is 5.75 Å². The molecule has 0 spiro atoms. The van der Waals surface area contributed by atoms with E-state index in [1.165, 1.54) is 6.08 Å². The zero-order valence-electron chi connectivity index (χ0n) is 15.1. The maximum Gasteiger partial charge on any atom is 0.250 e. The van der Waals surface area contributed by atoms with E-state index in [9.17, 15) is 4.79 Å². The van der Waals surface area contributed by atoms with Crippen LogP contribution in [0.2, 0.25) is 0 Å². The summed E-state index contributed by atoms with van der Waals surface area (Å²) in [6.07, 6.45) is 3.41. The minimum absolute atomic E-state index is 0.295. The maximum absolute atomic E-state index is 12.2. The van der Waals surface area contributed by atoms with Gasteiger partial charge in [-0.2, -0.15) is 5.26 Å². The van der Waals surface area contributed by atoms with Crippen LogP contribution in [0.3, 0.4) is 0 Å². The van der Waals surface area contributed by atoms with Crippen LogP contribution in [0.1, 0.15) is 17.5 Å². The molecular formula is C21H21N3O2S. The van der Waals surface area contributed by atoms with Crippen molar-refractivity contribution in [2.45, 2.75) is 13.0 Å². The number of nitriles is 1. The molecule has 6 heteroatoms. The molecule has 0 saturated heterocycles. The number of amides is 1. The number of carbonyl (C=O) groups is 1. The molecule has 0 saturated carbocycles. The first-order valence-corrected chi connectivity index (χ1v) is 8.86. The molecule has 0 aliphatic heterocycles. The molecule has 2 aromatic carbocycles. The highest BCUT2D eigenvalue weighted by Gasteiger charge is 2.12. The van der Waals surface area contributed by atoms with E-state index in [4.69, 9.17) is 22.2 Å². The van der Waals surface area contributed by atoms with E-state index in [0.717, 1.165) is 11.1 Å². The highest BCUT2D eigenvalue weighted by molar-refractivity contribution is 7.80. The summed E-state index contributed by atoms with van der Waals surface area (Å²) in [6.45, 7) is 0.971. The standard InChI is InChI=1S/C21H21N3O2S/c1-26-19-11-6-5-10-18(19)12-13-20(25)23-21(27)24(15-7-14-22)16-17-8-3-2-4-9-17/h2-6,8-13H,7,15-16H2,1H3,(H,23,25,27)/b13-12+. The van der Waals surface area contributed by atoms with Gasteiger partial charge < -0.3 is 9.64 Å². The van der Waals surface area contributed by atoms with E-state index in [-0.39, 0.29) is 5.91 Å². The Bertz CT molecular complexity index is 844. The fraction of sp³-hybridized carbons (Fsp3) is 0.190. The van der Waals surface area contributed by atoms with Crippen molar-refractivity contribution >= 4 is 29.3 Å². The van der Waals surface area contributed by atoms with Gasteiger partial charge in [0.1, 0.15) is 5.75 Å². The van der Waals surface area contributed by atoms with Crippen molar-refractivity contribution in [1.29, 1.82) is 5.26 Å². The minimum Gasteiger partial charge on any atom is -0.496 e. The number of ether oxygens (including phenoxy) is 1. The average Bonchev–Trinajstić information content (AvgIpc) is 2.70. The minimum atomic E-state index is -0.332. The number of nitrogens with one attached hydrogen (secondary N) is 1. The molecule has 0 heterocycles. The third-order valence-corrected chi connectivity index (χ3v) is 4.14. The lowest BCUT2D eigenvalue weighted by molar-refractivity contribution is -0.115. The first-order valence-electron chi connectivity index (χ1n) is 8.46. The predicted molar refractivity (Wildman–Crippen MR) is 110 cm³/mol. The van der Waals surface area contributed by atoms with Crippen LogP contribution in [-0.2, 0) is 11.3 Å². The van der Waals surface area contributed by atoms with Crippen LogP contribution in [-0.4, -0.2) is 29.6 Å². The molecule has 0 aliphatic rings. The molecule has 0 atom stereocenters. The van der Waals surface area contributed by atoms with Gasteiger partial charge in [0, 0.05) is 24.7 Å². The molecule has 5 nitrogen and oxygen atoms in total. The van der Waals surface area contributed by atoms with Crippen LogP contribution in [0.15, 0.2) is 60.7 Å². The Balaban J connectivity index is 2.01. The Morgan fingerprint density at radius 3 is 2.63 bits per heavy atom. The van der Waals surface area contributed by atoms with Crippen molar-refractivity contribution in [3.8, 4) is 11.8 Å². The molecule has 0 bridgehead atoms. The molecular weight excluding hydrogens is 358 g/mol. The average molecular weight is 379 g/mol. The molecule has 1 amide bonds. The van der Waals surface area contributed by atoms with Gasteiger partial charge in [0.2, 0.25) is 5.91 Å². The quantitative estimate of drug-likeness (QED) is 0.589. The summed E-state index contributed by atoms with van der Waals surface area (Å²) in [7, 11) is 1.58. The van der Waals surface area contributed by atoms with Crippen molar-refractivity contribution in [3.63, 3.8) is 0 Å². The van der Waals surface area contributed by atoms with E-state index < -0.39 is 0 Å². The SMILES string of the molecule is COc1ccccc1/C=C/C(=O)NC(=S)N(CCC#N)Cc1ccccc1. The fourth-order valence-corrected chi connectivity index (χ4v) is 2.69. The van der Waals surface area contributed by atoms with E-state index in [2.05, 4.69) is 11.4 Å². The Morgan fingerprint density at radius 1 is 1.22 bits per heavy atom. The summed E-state index contributed by atoms with van der Waals surface area (Å²) in [5, 5.41) is 11.9. The first-order chi connectivity index (χ1) is 13.1. The number of hydrogen-bond acceptors (Lipinski definition) is 4. The van der Waals surface area contributed by atoms with Crippen LogP contribution in [0.4, 0.5) is 0 Å². The van der Waals surface area contributed by atoms with Crippen molar-refractivity contribution in [2.75, 3.05) is 13.7 Å². The molecule has 0 fully saturated rings. The number of rotatable bonds is 7. The van der Waals surface area contributed by atoms with Crippen molar-refractivity contribution in [2.24, 2.45) is 0 Å². The topological polar surface area (TPSA) is 65.4 Å². The van der Waals surface area contributed by atoms with Gasteiger partial charge in [0.15, 0.2) is 5.11 Å². The number of carbonyl (C=O) groups excluding carboxylic acids is 1. The summed E-state index contributed by atoms with van der Waals surface area (Å²) in [6, 6.07) is 19.3. The van der Waals surface area contributed by atoms with Crippen LogP contribution in [0.25, 0.3) is 6.08 Å². The van der Waals surface area contributed by atoms with Gasteiger partial charge in [-0.15, -0.1) is 0 Å². The Labute approximate surface area is 164 Å². The van der Waals surface area contributed by atoms with Crippen molar-refractivity contribution in [1.82, 2.24) is 10.2 Å². The largest absolute Gasteiger partial charge is 0.496 e. The second-order valence-corrected chi connectivity index (χ2v) is 6.07. The van der Waals surface area contributed by atoms with Gasteiger partial charge in [-0.25, -0.2) is 0 Å². The van der Waals surface area contributed by atoms with Gasteiger partial charge in [-0.05, 0) is 29.9 Å². The normalized spacial score (nSPS) is 10.2. The van der Waals surface area contributed by atoms with Gasteiger partial charge in [0.25, 0.3) is 0 Å². The summed E-state index contributed by atoms with van der Waals surface area (Å²) in [5.74, 6) is 0.352. The van der Waals surface area contributed by atoms with Gasteiger partial charge in [-0.3, -0.25) is 10.1 Å². The Morgan fingerprint density at radius 2 is 1.93 bits per heavy atom. The van der Waals surface area contributed by atoms with E-state index in [1.54, 1.807) is 13.2 Å². The van der Waals surface area contributed by atoms with E-state index >= 15 is 0 Å². The second-order valence-electron chi connectivity index (χ2n) is 5.68. The van der Waals surface area contributed by atoms with E-state index in [1.807, 2.05) is 59.5 Å². The second kappa shape index (κ2) is 10.7. The lowest BCUT2D eigenvalue weighted by atomic mass is 10.2. The number of methoxy groups -OCH3 is 1. The monoisotopic (exact) mass is 379 g/mol.